The minimum absolute atomic E-state index is 0.0265. The van der Waals surface area contributed by atoms with Gasteiger partial charge in [-0.25, -0.2) is 0 Å². The summed E-state index contributed by atoms with van der Waals surface area (Å²) in [4.78, 5) is 24.9. The van der Waals surface area contributed by atoms with E-state index in [1.807, 2.05) is 0 Å². The topological polar surface area (TPSA) is 85.0 Å². The number of nitrogens with zero attached hydrogens (tertiary/aromatic N) is 5. The van der Waals surface area contributed by atoms with Crippen LogP contribution in [0.3, 0.4) is 0 Å². The molecule has 1 aromatic carbocycles. The second-order valence-electron chi connectivity index (χ2n) is 4.73. The molecule has 2 heterocycles. The Morgan fingerprint density at radius 3 is 2.38 bits per heavy atom. The molecule has 0 radical (unpaired) electrons. The maximum absolute atomic E-state index is 10.7. The van der Waals surface area contributed by atoms with E-state index in [0.29, 0.717) is 17.3 Å². The van der Waals surface area contributed by atoms with E-state index >= 15 is 0 Å². The number of aromatic nitrogens is 3. The van der Waals surface area contributed by atoms with E-state index in [1.165, 1.54) is 12.1 Å². The van der Waals surface area contributed by atoms with Crippen LogP contribution in [0.4, 0.5) is 11.6 Å². The number of hydrogen-bond donors (Lipinski definition) is 0. The molecule has 2 aromatic rings. The van der Waals surface area contributed by atoms with Crippen LogP contribution < -0.4 is 4.90 Å². The molecule has 21 heavy (non-hydrogen) atoms. The summed E-state index contributed by atoms with van der Waals surface area (Å²) in [7, 11) is 0. The van der Waals surface area contributed by atoms with Gasteiger partial charge < -0.3 is 4.90 Å². The molecule has 1 aliphatic rings. The Hall–Kier alpha value is -2.28. The van der Waals surface area contributed by atoms with Gasteiger partial charge in [-0.3, -0.25) is 10.1 Å². The molecule has 0 atom stereocenters. The second kappa shape index (κ2) is 5.61. The van der Waals surface area contributed by atoms with E-state index in [2.05, 4.69) is 19.9 Å². The maximum atomic E-state index is 10.7. The number of hydrogen-bond acceptors (Lipinski definition) is 6. The maximum Gasteiger partial charge on any atom is 0.269 e. The molecule has 0 bridgehead atoms. The van der Waals surface area contributed by atoms with Crippen molar-refractivity contribution in [1.82, 2.24) is 15.0 Å². The summed E-state index contributed by atoms with van der Waals surface area (Å²) >= 11 is 5.96. The Bertz CT molecular complexity index is 671. The van der Waals surface area contributed by atoms with E-state index in [4.69, 9.17) is 11.6 Å². The van der Waals surface area contributed by atoms with Crippen LogP contribution in [-0.2, 0) is 0 Å². The molecule has 1 aliphatic heterocycles. The molecule has 0 amide bonds. The number of halogens is 1. The highest BCUT2D eigenvalue weighted by Gasteiger charge is 2.17. The Balaban J connectivity index is 1.95. The van der Waals surface area contributed by atoms with Crippen molar-refractivity contribution >= 4 is 23.2 Å². The Morgan fingerprint density at radius 2 is 1.76 bits per heavy atom. The summed E-state index contributed by atoms with van der Waals surface area (Å²) in [5.74, 6) is 0.979. The molecule has 1 fully saturated rings. The first-order valence-electron chi connectivity index (χ1n) is 6.55. The number of benzene rings is 1. The fourth-order valence-corrected chi connectivity index (χ4v) is 2.42. The number of anilines is 1. The van der Waals surface area contributed by atoms with Gasteiger partial charge in [0.15, 0.2) is 5.82 Å². The van der Waals surface area contributed by atoms with Crippen LogP contribution in [0.25, 0.3) is 11.4 Å². The van der Waals surface area contributed by atoms with Gasteiger partial charge in [0, 0.05) is 30.8 Å². The van der Waals surface area contributed by atoms with Crippen molar-refractivity contribution in [3.05, 3.63) is 39.7 Å². The highest BCUT2D eigenvalue weighted by Crippen LogP contribution is 2.23. The van der Waals surface area contributed by atoms with Crippen LogP contribution in [0.2, 0.25) is 5.28 Å². The van der Waals surface area contributed by atoms with Crippen molar-refractivity contribution in [2.75, 3.05) is 18.0 Å². The largest absolute Gasteiger partial charge is 0.341 e. The van der Waals surface area contributed by atoms with Crippen molar-refractivity contribution in [2.24, 2.45) is 0 Å². The third-order valence-corrected chi connectivity index (χ3v) is 3.49. The van der Waals surface area contributed by atoms with E-state index in [1.54, 1.807) is 12.1 Å². The SMILES string of the molecule is O=[N+]([O-])c1ccc(-c2nc(Cl)nc(N3CCCC3)n2)cc1. The molecule has 0 saturated carbocycles. The molecule has 8 heteroatoms. The number of nitro benzene ring substituents is 1. The summed E-state index contributed by atoms with van der Waals surface area (Å²) < 4.78 is 0. The zero-order chi connectivity index (χ0) is 14.8. The summed E-state index contributed by atoms with van der Waals surface area (Å²) in [6.07, 6.45) is 2.21. The molecule has 0 spiro atoms. The minimum Gasteiger partial charge on any atom is -0.341 e. The highest BCUT2D eigenvalue weighted by atomic mass is 35.5. The fourth-order valence-electron chi connectivity index (χ4n) is 2.26. The van der Waals surface area contributed by atoms with Gasteiger partial charge in [-0.1, -0.05) is 0 Å². The second-order valence-corrected chi connectivity index (χ2v) is 5.06. The van der Waals surface area contributed by atoms with Gasteiger partial charge in [0.05, 0.1) is 4.92 Å². The lowest BCUT2D eigenvalue weighted by Gasteiger charge is -2.15. The van der Waals surface area contributed by atoms with Gasteiger partial charge in [-0.15, -0.1) is 0 Å². The quantitative estimate of drug-likeness (QED) is 0.640. The Kier molecular flexibility index (Phi) is 3.66. The van der Waals surface area contributed by atoms with E-state index in [9.17, 15) is 10.1 Å². The summed E-state index contributed by atoms with van der Waals surface area (Å²) in [6.45, 7) is 1.81. The minimum atomic E-state index is -0.445. The van der Waals surface area contributed by atoms with Crippen molar-refractivity contribution in [1.29, 1.82) is 0 Å². The van der Waals surface area contributed by atoms with E-state index < -0.39 is 4.92 Å². The zero-order valence-electron chi connectivity index (χ0n) is 11.1. The van der Waals surface area contributed by atoms with Gasteiger partial charge in [0.25, 0.3) is 5.69 Å². The molecule has 1 aromatic heterocycles. The van der Waals surface area contributed by atoms with E-state index in [-0.39, 0.29) is 11.0 Å². The normalized spacial score (nSPS) is 14.4. The molecule has 0 N–H and O–H groups in total. The standard InChI is InChI=1S/C13H12ClN5O2/c14-12-15-11(9-3-5-10(6-4-9)19(20)21)16-13(17-12)18-7-1-2-8-18/h3-6H,1-2,7-8H2. The first kappa shape index (κ1) is 13.7. The third-order valence-electron chi connectivity index (χ3n) is 3.32. The zero-order valence-corrected chi connectivity index (χ0v) is 11.8. The van der Waals surface area contributed by atoms with Crippen LogP contribution in [-0.4, -0.2) is 33.0 Å². The summed E-state index contributed by atoms with van der Waals surface area (Å²) in [5.41, 5.74) is 0.698. The molecule has 0 unspecified atom stereocenters. The lowest BCUT2D eigenvalue weighted by atomic mass is 10.2. The predicted octanol–water partition coefficient (Wildman–Crippen LogP) is 2.70. The molecule has 7 nitrogen and oxygen atoms in total. The molecule has 0 aliphatic carbocycles. The lowest BCUT2D eigenvalue weighted by molar-refractivity contribution is -0.384. The number of rotatable bonds is 3. The van der Waals surface area contributed by atoms with Gasteiger partial charge in [-0.05, 0) is 36.6 Å². The average molecular weight is 306 g/mol. The summed E-state index contributed by atoms with van der Waals surface area (Å²) in [6, 6.07) is 6.06. The predicted molar refractivity (Wildman–Crippen MR) is 78.4 cm³/mol. The van der Waals surface area contributed by atoms with Crippen molar-refractivity contribution in [3.8, 4) is 11.4 Å². The van der Waals surface area contributed by atoms with Gasteiger partial charge >= 0.3 is 0 Å². The van der Waals surface area contributed by atoms with Crippen LogP contribution in [0.5, 0.6) is 0 Å². The lowest BCUT2D eigenvalue weighted by Crippen LogP contribution is -2.21. The van der Waals surface area contributed by atoms with Crippen molar-refractivity contribution < 1.29 is 4.92 Å². The monoisotopic (exact) mass is 305 g/mol. The number of nitro groups is 1. The average Bonchev–Trinajstić information content (AvgIpc) is 3.01. The van der Waals surface area contributed by atoms with Crippen LogP contribution in [0, 0.1) is 10.1 Å². The van der Waals surface area contributed by atoms with Gasteiger partial charge in [0.1, 0.15) is 0 Å². The Labute approximate surface area is 125 Å². The molecule has 1 saturated heterocycles. The fraction of sp³-hybridized carbons (Fsp3) is 0.308. The van der Waals surface area contributed by atoms with Crippen LogP contribution >= 0.6 is 11.6 Å². The molecular formula is C13H12ClN5O2. The van der Waals surface area contributed by atoms with Gasteiger partial charge in [0.2, 0.25) is 11.2 Å². The van der Waals surface area contributed by atoms with Crippen LogP contribution in [0.15, 0.2) is 24.3 Å². The number of non-ortho nitro benzene ring substituents is 1. The van der Waals surface area contributed by atoms with E-state index in [0.717, 1.165) is 25.9 Å². The first-order chi connectivity index (χ1) is 10.1. The summed E-state index contributed by atoms with van der Waals surface area (Å²) in [5, 5.41) is 10.8. The highest BCUT2D eigenvalue weighted by molar-refractivity contribution is 6.28. The van der Waals surface area contributed by atoms with Crippen molar-refractivity contribution in [3.63, 3.8) is 0 Å². The van der Waals surface area contributed by atoms with Crippen LogP contribution in [0.1, 0.15) is 12.8 Å². The van der Waals surface area contributed by atoms with Gasteiger partial charge in [-0.2, -0.15) is 15.0 Å². The Morgan fingerprint density at radius 1 is 1.10 bits per heavy atom. The molecule has 3 rings (SSSR count). The first-order valence-corrected chi connectivity index (χ1v) is 6.92. The third kappa shape index (κ3) is 2.92. The smallest absolute Gasteiger partial charge is 0.269 e. The molecular weight excluding hydrogens is 294 g/mol. The molecule has 108 valence electrons. The van der Waals surface area contributed by atoms with Crippen molar-refractivity contribution in [2.45, 2.75) is 12.8 Å².